The van der Waals surface area contributed by atoms with Crippen LogP contribution in [0.15, 0.2) is 111 Å². The number of carbonyl (C=O) groups is 5. The van der Waals surface area contributed by atoms with Crippen molar-refractivity contribution in [2.24, 2.45) is 0 Å². The van der Waals surface area contributed by atoms with E-state index in [1.807, 2.05) is 74.5 Å². The van der Waals surface area contributed by atoms with E-state index in [-0.39, 0.29) is 34.0 Å². The number of hydrogen-bond acceptors (Lipinski definition) is 22. The molecule has 2 atom stereocenters. The molecule has 0 radical (unpaired) electrons. The molecule has 6 saturated heterocycles. The minimum absolute atomic E-state index is 0.104. The van der Waals surface area contributed by atoms with Crippen LogP contribution in [0.3, 0.4) is 0 Å². The van der Waals surface area contributed by atoms with E-state index < -0.39 is 35.5 Å². The van der Waals surface area contributed by atoms with Crippen LogP contribution in [0.5, 0.6) is 0 Å². The fraction of sp³-hybridized carbons (Fsp3) is 0.500. The number of anilines is 3. The van der Waals surface area contributed by atoms with Crippen molar-refractivity contribution in [3.63, 3.8) is 0 Å². The molecule has 27 nitrogen and oxygen atoms in total. The Labute approximate surface area is 585 Å². The van der Waals surface area contributed by atoms with Crippen LogP contribution >= 0.6 is 15.9 Å². The zero-order chi connectivity index (χ0) is 70.4. The van der Waals surface area contributed by atoms with Gasteiger partial charge in [-0.15, -0.1) is 0 Å². The minimum atomic E-state index is -0.676. The molecule has 6 fully saturated rings. The summed E-state index contributed by atoms with van der Waals surface area (Å²) in [6.07, 6.45) is 6.83. The van der Waals surface area contributed by atoms with Gasteiger partial charge in [-0.05, 0) is 100 Å². The molecule has 14 rings (SSSR count). The van der Waals surface area contributed by atoms with E-state index in [0.717, 1.165) is 0 Å². The van der Waals surface area contributed by atoms with Crippen LogP contribution in [0.2, 0.25) is 0 Å². The predicted octanol–water partition coefficient (Wildman–Crippen LogP) is 8.11. The second-order valence-electron chi connectivity index (χ2n) is 27.1. The van der Waals surface area contributed by atoms with Crippen LogP contribution < -0.4 is 31.0 Å². The van der Waals surface area contributed by atoms with Crippen molar-refractivity contribution >= 4 is 96.4 Å². The summed E-state index contributed by atoms with van der Waals surface area (Å²) < 4.78 is 62.8. The molecule has 100 heavy (non-hydrogen) atoms. The highest BCUT2D eigenvalue weighted by Crippen LogP contribution is 2.39. The molecule has 8 aliphatic heterocycles. The number of halogens is 1. The van der Waals surface area contributed by atoms with E-state index >= 15 is 0 Å². The van der Waals surface area contributed by atoms with E-state index in [2.05, 4.69) is 15.9 Å². The van der Waals surface area contributed by atoms with Crippen molar-refractivity contribution in [2.75, 3.05) is 179 Å². The normalized spacial score (nSPS) is 19.9. The Balaban J connectivity index is 0.000000145. The van der Waals surface area contributed by atoms with Crippen LogP contribution in [0.1, 0.15) is 102 Å². The summed E-state index contributed by atoms with van der Waals surface area (Å²) in [6, 6.07) is 13.4. The van der Waals surface area contributed by atoms with Crippen LogP contribution in [-0.2, 0) is 37.9 Å². The molecule has 11 heterocycles. The van der Waals surface area contributed by atoms with Crippen LogP contribution in [-0.4, -0.2) is 230 Å². The van der Waals surface area contributed by atoms with E-state index in [9.17, 15) is 38.4 Å². The fourth-order valence-electron chi connectivity index (χ4n) is 12.9. The summed E-state index contributed by atoms with van der Waals surface area (Å²) in [7, 11) is 0. The monoisotopic (exact) mass is 1440 g/mol. The molecular formula is C72H85BrN8O19. The molecule has 5 amide bonds. The summed E-state index contributed by atoms with van der Waals surface area (Å²) in [5.41, 5.74) is 1.58. The molecule has 0 N–H and O–H groups in total. The van der Waals surface area contributed by atoms with Gasteiger partial charge >= 0.3 is 12.2 Å². The third-order valence-electron chi connectivity index (χ3n) is 17.9. The van der Waals surface area contributed by atoms with Crippen molar-refractivity contribution in [3.05, 3.63) is 142 Å². The number of benzene rings is 3. The number of hydrogen-bond donors (Lipinski definition) is 0. The summed E-state index contributed by atoms with van der Waals surface area (Å²) >= 11 is 3.46. The zero-order valence-corrected chi connectivity index (χ0v) is 58.8. The Morgan fingerprint density at radius 2 is 0.780 bits per heavy atom. The van der Waals surface area contributed by atoms with Gasteiger partial charge in [0, 0.05) is 137 Å². The van der Waals surface area contributed by atoms with E-state index in [1.54, 1.807) is 62.2 Å². The maximum atomic E-state index is 13.4. The lowest BCUT2D eigenvalue weighted by Crippen LogP contribution is -2.41. The molecule has 0 bridgehead atoms. The quantitative estimate of drug-likeness (QED) is 0.130. The van der Waals surface area contributed by atoms with Crippen molar-refractivity contribution in [2.45, 2.75) is 71.2 Å². The fourth-order valence-corrected chi connectivity index (χ4v) is 13.4. The van der Waals surface area contributed by atoms with Gasteiger partial charge in [0.2, 0.25) is 0 Å². The maximum absolute atomic E-state index is 13.4. The Morgan fingerprint density at radius 3 is 1.19 bits per heavy atom. The van der Waals surface area contributed by atoms with Crippen molar-refractivity contribution in [1.29, 1.82) is 0 Å². The Kier molecular flexibility index (Phi) is 22.1. The van der Waals surface area contributed by atoms with Gasteiger partial charge in [0.05, 0.1) is 112 Å². The van der Waals surface area contributed by atoms with Gasteiger partial charge in [0.1, 0.15) is 22.4 Å². The molecule has 8 aliphatic rings. The first kappa shape index (κ1) is 71.2. The van der Waals surface area contributed by atoms with Gasteiger partial charge in [-0.2, -0.15) is 0 Å². The maximum Gasteiger partial charge on any atom is 0.414 e. The lowest BCUT2D eigenvalue weighted by Gasteiger charge is -2.30. The summed E-state index contributed by atoms with van der Waals surface area (Å²) in [4.78, 5) is 119. The average molecular weight is 1450 g/mol. The zero-order valence-electron chi connectivity index (χ0n) is 57.3. The predicted molar refractivity (Wildman–Crippen MR) is 374 cm³/mol. The van der Waals surface area contributed by atoms with Crippen molar-refractivity contribution < 1.29 is 75.1 Å². The molecular weight excluding hydrogens is 1360 g/mol. The van der Waals surface area contributed by atoms with Crippen LogP contribution in [0.25, 0.3) is 32.9 Å². The third-order valence-corrected chi connectivity index (χ3v) is 18.5. The molecule has 0 spiro atoms. The smallest absolute Gasteiger partial charge is 0.414 e. The van der Waals surface area contributed by atoms with Gasteiger partial charge in [0.25, 0.3) is 17.7 Å². The molecule has 0 aliphatic carbocycles. The lowest BCUT2D eigenvalue weighted by atomic mass is 9.97. The standard InChI is InChI=1S/2C27H33N3O7.C18H19BrN2O5/c2*1-27(2,3)37-26(33)30-6-4-5-21(30)19-15-18(25(32)29-9-13-35-14-10-29)16-20-22(31)17-23(36-24(19)20)28-7-11-34-12-8-28;19-14-10-12(18(23)21-3-7-25-8-4-21)9-13-15(22)11-16(26-17(13)14)20-1-5-24-6-2-20/h4,6,15-17,21H,5,7-14H2,1-3H3;4-5,15-17,21H,6-14H2,1-3H3;9-11H,1-8H2. The Hall–Kier alpha value is -8.64. The number of amides is 5. The molecule has 3 aromatic heterocycles. The highest BCUT2D eigenvalue weighted by molar-refractivity contribution is 9.10. The van der Waals surface area contributed by atoms with Gasteiger partial charge in [-0.3, -0.25) is 38.6 Å². The number of morpholine rings is 6. The Morgan fingerprint density at radius 1 is 0.430 bits per heavy atom. The van der Waals surface area contributed by atoms with Gasteiger partial charge in [-0.1, -0.05) is 18.2 Å². The number of fused-ring (bicyclic) bond motifs is 3. The molecule has 6 aromatic rings. The van der Waals surface area contributed by atoms with E-state index in [0.29, 0.717) is 254 Å². The second kappa shape index (κ2) is 31.1. The minimum Gasteiger partial charge on any atom is -0.444 e. The summed E-state index contributed by atoms with van der Waals surface area (Å²) in [6.45, 7) is 24.3. The van der Waals surface area contributed by atoms with Crippen LogP contribution in [0.4, 0.5) is 27.2 Å². The molecule has 2 unspecified atom stereocenters. The van der Waals surface area contributed by atoms with Crippen molar-refractivity contribution in [3.8, 4) is 0 Å². The molecule has 0 saturated carbocycles. The number of rotatable bonds is 8. The molecule has 28 heteroatoms. The lowest BCUT2D eigenvalue weighted by molar-refractivity contribution is 0.0238. The number of carbonyl (C=O) groups excluding carboxylic acids is 5. The molecule has 3 aromatic carbocycles. The topological polar surface area (TPSA) is 276 Å². The van der Waals surface area contributed by atoms with Gasteiger partial charge in [0.15, 0.2) is 39.5 Å². The second-order valence-corrected chi connectivity index (χ2v) is 28.0. The van der Waals surface area contributed by atoms with Gasteiger partial charge in [-0.25, -0.2) is 9.59 Å². The highest BCUT2D eigenvalue weighted by Gasteiger charge is 2.37. The number of ether oxygens (including phenoxy) is 8. The Bertz CT molecular complexity index is 4270. The number of nitrogens with zero attached hydrogens (tertiary/aromatic N) is 8. The third kappa shape index (κ3) is 16.5. The summed E-state index contributed by atoms with van der Waals surface area (Å²) in [5.74, 6) is 0.947. The van der Waals surface area contributed by atoms with E-state index in [1.165, 1.54) is 23.1 Å². The van der Waals surface area contributed by atoms with Gasteiger partial charge < -0.3 is 80.5 Å². The SMILES string of the molecule is CC(C)(C)OC(=O)N1C=CCC1c1cc(C(=O)N2CCOCC2)cc2c(=O)cc(N3CCOCC3)oc12.CC(C)(C)OC(=O)N1CC=CC1c1cc(C(=O)N2CCOCC2)cc2c(=O)cc(N3CCOCC3)oc12.O=C(c1cc(Br)c2oc(N3CCOCC3)cc(=O)c2c1)N1CCOCC1. The first-order valence-electron chi connectivity index (χ1n) is 34.0. The largest absolute Gasteiger partial charge is 0.444 e. The first-order valence-corrected chi connectivity index (χ1v) is 34.8. The van der Waals surface area contributed by atoms with Crippen molar-refractivity contribution in [1.82, 2.24) is 24.5 Å². The van der Waals surface area contributed by atoms with E-state index in [4.69, 9.17) is 51.1 Å². The first-order chi connectivity index (χ1) is 48.0. The average Bonchev–Trinajstić information content (AvgIpc) is 1.27. The highest BCUT2D eigenvalue weighted by atomic mass is 79.9. The molecule has 534 valence electrons. The van der Waals surface area contributed by atoms with Crippen LogP contribution in [0, 0.1) is 0 Å². The summed E-state index contributed by atoms with van der Waals surface area (Å²) in [5, 5.41) is 1.01.